The molecule has 0 fully saturated rings. The molecule has 0 saturated carbocycles. The molecule has 100 valence electrons. The molecule has 0 aliphatic rings. The number of rotatable bonds is 5. The minimum Gasteiger partial charge on any atom is -0.310 e. The van der Waals surface area contributed by atoms with Crippen LogP contribution >= 0.6 is 38.5 Å². The Morgan fingerprint density at radius 3 is 2.84 bits per heavy atom. The normalized spacial score (nSPS) is 12.4. The van der Waals surface area contributed by atoms with Crippen molar-refractivity contribution in [3.8, 4) is 0 Å². The molecule has 0 aliphatic heterocycles. The lowest BCUT2D eigenvalue weighted by Crippen LogP contribution is -2.24. The predicted molar refractivity (Wildman–Crippen MR) is 91.2 cm³/mol. The molecule has 2 rings (SSSR count). The van der Waals surface area contributed by atoms with Crippen LogP contribution in [0, 0.1) is 3.57 Å². The fourth-order valence-corrected chi connectivity index (χ4v) is 3.14. The molecule has 1 heterocycles. The van der Waals surface area contributed by atoms with Gasteiger partial charge in [0.2, 0.25) is 0 Å². The van der Waals surface area contributed by atoms with Gasteiger partial charge in [0, 0.05) is 32.4 Å². The summed E-state index contributed by atoms with van der Waals surface area (Å²) in [5, 5.41) is 3.55. The lowest BCUT2D eigenvalue weighted by Gasteiger charge is -2.20. The van der Waals surface area contributed by atoms with Crippen LogP contribution in [0.2, 0.25) is 0 Å². The summed E-state index contributed by atoms with van der Waals surface area (Å²) in [6, 6.07) is 12.8. The topological polar surface area (TPSA) is 24.9 Å². The van der Waals surface area contributed by atoms with Crippen LogP contribution in [0.25, 0.3) is 0 Å². The molecule has 2 nitrogen and oxygen atoms in total. The van der Waals surface area contributed by atoms with Crippen molar-refractivity contribution in [1.82, 2.24) is 10.3 Å². The van der Waals surface area contributed by atoms with E-state index in [-0.39, 0.29) is 0 Å². The molecule has 1 atom stereocenters. The standard InChI is InChI=1S/C15H16BrIN2/c1-2-18-15(10-12-5-3-4-8-19-12)13-9-11(16)6-7-14(13)17/h3-9,15,18H,2,10H2,1H3. The summed E-state index contributed by atoms with van der Waals surface area (Å²) in [6.07, 6.45) is 2.76. The van der Waals surface area contributed by atoms with Crippen LogP contribution in [0.4, 0.5) is 0 Å². The zero-order chi connectivity index (χ0) is 13.7. The molecular weight excluding hydrogens is 415 g/mol. The van der Waals surface area contributed by atoms with Gasteiger partial charge >= 0.3 is 0 Å². The quantitative estimate of drug-likeness (QED) is 0.713. The number of aromatic nitrogens is 1. The van der Waals surface area contributed by atoms with Crippen LogP contribution in [-0.2, 0) is 6.42 Å². The first-order chi connectivity index (χ1) is 9.20. The van der Waals surface area contributed by atoms with Crippen molar-refractivity contribution in [2.45, 2.75) is 19.4 Å². The van der Waals surface area contributed by atoms with Gasteiger partial charge in [-0.1, -0.05) is 28.9 Å². The smallest absolute Gasteiger partial charge is 0.0422 e. The highest BCUT2D eigenvalue weighted by Crippen LogP contribution is 2.26. The van der Waals surface area contributed by atoms with Crippen LogP contribution in [-0.4, -0.2) is 11.5 Å². The van der Waals surface area contributed by atoms with E-state index >= 15 is 0 Å². The third-order valence-corrected chi connectivity index (χ3v) is 4.40. The van der Waals surface area contributed by atoms with Crippen molar-refractivity contribution in [2.24, 2.45) is 0 Å². The van der Waals surface area contributed by atoms with Crippen molar-refractivity contribution in [2.75, 3.05) is 6.54 Å². The molecular formula is C15H16BrIN2. The zero-order valence-corrected chi connectivity index (χ0v) is 14.5. The van der Waals surface area contributed by atoms with Crippen LogP contribution in [0.1, 0.15) is 24.2 Å². The molecule has 0 radical (unpaired) electrons. The summed E-state index contributed by atoms with van der Waals surface area (Å²) in [7, 11) is 0. The van der Waals surface area contributed by atoms with E-state index in [0.717, 1.165) is 23.1 Å². The Balaban J connectivity index is 2.27. The molecule has 0 amide bonds. The minimum absolute atomic E-state index is 0.296. The molecule has 2 aromatic rings. The van der Waals surface area contributed by atoms with Gasteiger partial charge in [-0.3, -0.25) is 4.98 Å². The molecule has 1 aromatic heterocycles. The third-order valence-electron chi connectivity index (χ3n) is 2.92. The molecule has 0 saturated heterocycles. The first-order valence-electron chi connectivity index (χ1n) is 6.29. The van der Waals surface area contributed by atoms with Crippen LogP contribution in [0.15, 0.2) is 47.1 Å². The molecule has 19 heavy (non-hydrogen) atoms. The monoisotopic (exact) mass is 430 g/mol. The Morgan fingerprint density at radius 2 is 2.16 bits per heavy atom. The van der Waals surface area contributed by atoms with Crippen LogP contribution < -0.4 is 5.32 Å². The first-order valence-corrected chi connectivity index (χ1v) is 8.16. The van der Waals surface area contributed by atoms with E-state index in [2.05, 4.69) is 80.0 Å². The Labute approximate surface area is 136 Å². The van der Waals surface area contributed by atoms with E-state index in [9.17, 15) is 0 Å². The number of hydrogen-bond donors (Lipinski definition) is 1. The van der Waals surface area contributed by atoms with Gasteiger partial charge in [0.25, 0.3) is 0 Å². The number of likely N-dealkylation sites (N-methyl/N-ethyl adjacent to an activating group) is 1. The zero-order valence-electron chi connectivity index (χ0n) is 10.7. The molecule has 1 aromatic carbocycles. The van der Waals surface area contributed by atoms with Gasteiger partial charge in [0.05, 0.1) is 0 Å². The van der Waals surface area contributed by atoms with Gasteiger partial charge in [-0.2, -0.15) is 0 Å². The largest absolute Gasteiger partial charge is 0.310 e. The summed E-state index contributed by atoms with van der Waals surface area (Å²) in [5.74, 6) is 0. The predicted octanol–water partition coefficient (Wildman–Crippen LogP) is 4.34. The van der Waals surface area contributed by atoms with E-state index in [0.29, 0.717) is 6.04 Å². The summed E-state index contributed by atoms with van der Waals surface area (Å²) in [5.41, 5.74) is 2.44. The molecule has 0 aliphatic carbocycles. The fourth-order valence-electron chi connectivity index (χ4n) is 2.05. The Morgan fingerprint density at radius 1 is 1.32 bits per heavy atom. The molecule has 0 spiro atoms. The second-order valence-electron chi connectivity index (χ2n) is 4.30. The number of nitrogens with one attached hydrogen (secondary N) is 1. The van der Waals surface area contributed by atoms with E-state index < -0.39 is 0 Å². The fraction of sp³-hybridized carbons (Fsp3) is 0.267. The minimum atomic E-state index is 0.296. The summed E-state index contributed by atoms with van der Waals surface area (Å²) < 4.78 is 2.40. The van der Waals surface area contributed by atoms with Gasteiger partial charge in [0.15, 0.2) is 0 Å². The van der Waals surface area contributed by atoms with Gasteiger partial charge < -0.3 is 5.32 Å². The lowest BCUT2D eigenvalue weighted by atomic mass is 10.0. The van der Waals surface area contributed by atoms with Gasteiger partial charge in [-0.25, -0.2) is 0 Å². The van der Waals surface area contributed by atoms with Crippen molar-refractivity contribution in [3.05, 3.63) is 61.9 Å². The lowest BCUT2D eigenvalue weighted by molar-refractivity contribution is 0.542. The second kappa shape index (κ2) is 7.36. The van der Waals surface area contributed by atoms with Crippen LogP contribution in [0.5, 0.6) is 0 Å². The van der Waals surface area contributed by atoms with Crippen molar-refractivity contribution in [3.63, 3.8) is 0 Å². The van der Waals surface area contributed by atoms with Gasteiger partial charge in [-0.05, 0) is 65.0 Å². The Kier molecular flexibility index (Phi) is 5.78. The number of pyridine rings is 1. The highest BCUT2D eigenvalue weighted by molar-refractivity contribution is 14.1. The Bertz CT molecular complexity index is 531. The molecule has 1 N–H and O–H groups in total. The summed E-state index contributed by atoms with van der Waals surface area (Å²) in [6.45, 7) is 3.08. The maximum Gasteiger partial charge on any atom is 0.0422 e. The van der Waals surface area contributed by atoms with Crippen molar-refractivity contribution < 1.29 is 0 Å². The number of nitrogens with zero attached hydrogens (tertiary/aromatic N) is 1. The first kappa shape index (κ1) is 14.9. The summed E-state index contributed by atoms with van der Waals surface area (Å²) in [4.78, 5) is 4.42. The molecule has 0 bridgehead atoms. The second-order valence-corrected chi connectivity index (χ2v) is 6.38. The van der Waals surface area contributed by atoms with Crippen molar-refractivity contribution >= 4 is 38.5 Å². The number of halogens is 2. The Hall–Kier alpha value is -0.460. The third kappa shape index (κ3) is 4.26. The maximum atomic E-state index is 4.42. The number of benzene rings is 1. The van der Waals surface area contributed by atoms with Gasteiger partial charge in [0.1, 0.15) is 0 Å². The van der Waals surface area contributed by atoms with E-state index in [1.807, 2.05) is 18.3 Å². The van der Waals surface area contributed by atoms with Crippen LogP contribution in [0.3, 0.4) is 0 Å². The molecule has 1 unspecified atom stereocenters. The maximum absolute atomic E-state index is 4.42. The SMILES string of the molecule is CCNC(Cc1ccccn1)c1cc(Br)ccc1I. The van der Waals surface area contributed by atoms with Gasteiger partial charge in [-0.15, -0.1) is 0 Å². The molecule has 4 heteroatoms. The highest BCUT2D eigenvalue weighted by Gasteiger charge is 2.15. The average Bonchev–Trinajstić information content (AvgIpc) is 2.42. The highest BCUT2D eigenvalue weighted by atomic mass is 127. The van der Waals surface area contributed by atoms with E-state index in [1.165, 1.54) is 9.13 Å². The number of hydrogen-bond acceptors (Lipinski definition) is 2. The summed E-state index contributed by atoms with van der Waals surface area (Å²) >= 11 is 5.95. The average molecular weight is 431 g/mol. The van der Waals surface area contributed by atoms with E-state index in [1.54, 1.807) is 0 Å². The van der Waals surface area contributed by atoms with E-state index in [4.69, 9.17) is 0 Å². The van der Waals surface area contributed by atoms with Crippen molar-refractivity contribution in [1.29, 1.82) is 0 Å².